The minimum Gasteiger partial charge on any atom is -0.368 e. The molecule has 0 atom stereocenters. The summed E-state index contributed by atoms with van der Waals surface area (Å²) in [6.07, 6.45) is 3.10. The molecule has 0 aliphatic rings. The van der Waals surface area contributed by atoms with E-state index in [4.69, 9.17) is 0 Å². The Kier molecular flexibility index (Phi) is 8.12. The van der Waals surface area contributed by atoms with Crippen LogP contribution in [0.2, 0.25) is 0 Å². The first kappa shape index (κ1) is 22.9. The molecule has 7 heteroatoms. The topological polar surface area (TPSA) is 58.1 Å². The fourth-order valence-electron chi connectivity index (χ4n) is 3.35. The molecule has 31 heavy (non-hydrogen) atoms. The lowest BCUT2D eigenvalue weighted by Crippen LogP contribution is -2.36. The third-order valence-electron chi connectivity index (χ3n) is 4.94. The number of amides is 1. The second-order valence-electron chi connectivity index (χ2n) is 7.51. The number of thiazole rings is 1. The molecule has 0 spiro atoms. The average molecular weight is 441 g/mol. The van der Waals surface area contributed by atoms with Crippen molar-refractivity contribution in [2.24, 2.45) is 0 Å². The van der Waals surface area contributed by atoms with Crippen LogP contribution in [0.3, 0.4) is 0 Å². The summed E-state index contributed by atoms with van der Waals surface area (Å²) in [5.41, 5.74) is 2.20. The molecule has 0 fully saturated rings. The summed E-state index contributed by atoms with van der Waals surface area (Å²) >= 11 is 1.46. The third kappa shape index (κ3) is 6.34. The van der Waals surface area contributed by atoms with Crippen molar-refractivity contribution >= 4 is 23.1 Å². The number of hydrogen-bond acceptors (Lipinski definition) is 5. The Morgan fingerprint density at radius 3 is 2.55 bits per heavy atom. The average Bonchev–Trinajstić information content (AvgIpc) is 3.14. The summed E-state index contributed by atoms with van der Waals surface area (Å²) in [7, 11) is 0. The van der Waals surface area contributed by atoms with Crippen molar-refractivity contribution in [2.45, 2.75) is 40.0 Å². The number of nitrogens with one attached hydrogen (secondary N) is 1. The van der Waals surface area contributed by atoms with Crippen LogP contribution in [0.15, 0.2) is 42.5 Å². The highest BCUT2D eigenvalue weighted by molar-refractivity contribution is 7.15. The summed E-state index contributed by atoms with van der Waals surface area (Å²) in [5, 5.41) is 4.12. The van der Waals surface area contributed by atoms with Crippen LogP contribution in [0.25, 0.3) is 10.4 Å². The first-order chi connectivity index (χ1) is 15.0. The molecule has 0 aliphatic carbocycles. The highest BCUT2D eigenvalue weighted by Gasteiger charge is 2.23. The van der Waals surface area contributed by atoms with Crippen LogP contribution in [-0.2, 0) is 0 Å². The van der Waals surface area contributed by atoms with Gasteiger partial charge in [0.2, 0.25) is 0 Å². The van der Waals surface area contributed by atoms with E-state index in [1.54, 1.807) is 12.1 Å². The minimum absolute atomic E-state index is 0.0845. The summed E-state index contributed by atoms with van der Waals surface area (Å²) in [6.45, 7) is 7.82. The molecule has 0 aliphatic heterocycles. The number of pyridine rings is 1. The number of rotatable bonds is 10. The lowest BCUT2D eigenvalue weighted by Gasteiger charge is -2.23. The second-order valence-corrected chi connectivity index (χ2v) is 8.71. The molecule has 3 rings (SSSR count). The fourth-order valence-corrected chi connectivity index (χ4v) is 4.26. The van der Waals surface area contributed by atoms with E-state index in [-0.39, 0.29) is 11.7 Å². The van der Waals surface area contributed by atoms with E-state index in [0.717, 1.165) is 46.2 Å². The van der Waals surface area contributed by atoms with Gasteiger partial charge in [0.1, 0.15) is 17.3 Å². The van der Waals surface area contributed by atoms with Crippen molar-refractivity contribution in [1.29, 1.82) is 0 Å². The first-order valence-corrected chi connectivity index (χ1v) is 11.5. The van der Waals surface area contributed by atoms with E-state index in [2.05, 4.69) is 22.2 Å². The van der Waals surface area contributed by atoms with Crippen molar-refractivity contribution in [1.82, 2.24) is 14.9 Å². The Labute approximate surface area is 187 Å². The van der Waals surface area contributed by atoms with Crippen LogP contribution in [0, 0.1) is 19.7 Å². The Balaban J connectivity index is 1.77. The maximum absolute atomic E-state index is 13.5. The van der Waals surface area contributed by atoms with Gasteiger partial charge in [-0.15, -0.1) is 11.3 Å². The highest BCUT2D eigenvalue weighted by Crippen LogP contribution is 2.31. The van der Waals surface area contributed by atoms with Gasteiger partial charge in [-0.2, -0.15) is 0 Å². The van der Waals surface area contributed by atoms with E-state index in [1.165, 1.54) is 23.5 Å². The zero-order valence-corrected chi connectivity index (χ0v) is 19.1. The largest absolute Gasteiger partial charge is 0.368 e. The van der Waals surface area contributed by atoms with Crippen LogP contribution in [0.5, 0.6) is 0 Å². The molecule has 3 aromatic rings. The van der Waals surface area contributed by atoms with E-state index in [0.29, 0.717) is 25.3 Å². The molecule has 0 radical (unpaired) electrons. The van der Waals surface area contributed by atoms with Crippen molar-refractivity contribution in [3.63, 3.8) is 0 Å². The maximum Gasteiger partial charge on any atom is 0.274 e. The lowest BCUT2D eigenvalue weighted by atomic mass is 10.1. The number of hydrogen-bond donors (Lipinski definition) is 1. The van der Waals surface area contributed by atoms with E-state index >= 15 is 0 Å². The summed E-state index contributed by atoms with van der Waals surface area (Å²) in [5.74, 6) is 0.422. The Bertz CT molecular complexity index is 1000. The third-order valence-corrected chi connectivity index (χ3v) is 5.96. The van der Waals surface area contributed by atoms with Gasteiger partial charge in [0.15, 0.2) is 0 Å². The van der Waals surface area contributed by atoms with E-state index < -0.39 is 0 Å². The van der Waals surface area contributed by atoms with Gasteiger partial charge in [0.05, 0.1) is 9.88 Å². The molecular formula is C24H29FN4OS. The van der Waals surface area contributed by atoms with Crippen LogP contribution < -0.4 is 5.32 Å². The number of halogens is 1. The number of aryl methyl sites for hydroxylation is 2. The quantitative estimate of drug-likeness (QED) is 0.411. The van der Waals surface area contributed by atoms with Crippen LogP contribution >= 0.6 is 11.3 Å². The molecule has 2 heterocycles. The summed E-state index contributed by atoms with van der Waals surface area (Å²) in [4.78, 5) is 25.1. The fraction of sp³-hybridized carbons (Fsp3) is 0.375. The number of carbonyl (C=O) groups is 1. The van der Waals surface area contributed by atoms with Crippen molar-refractivity contribution < 1.29 is 9.18 Å². The van der Waals surface area contributed by atoms with Gasteiger partial charge < -0.3 is 10.2 Å². The molecular weight excluding hydrogens is 411 g/mol. The van der Waals surface area contributed by atoms with Gasteiger partial charge in [-0.1, -0.05) is 38.0 Å². The molecule has 1 amide bonds. The van der Waals surface area contributed by atoms with Gasteiger partial charge in [-0.05, 0) is 50.1 Å². The first-order valence-electron chi connectivity index (χ1n) is 10.7. The summed E-state index contributed by atoms with van der Waals surface area (Å²) < 4.78 is 13.4. The van der Waals surface area contributed by atoms with Crippen LogP contribution in [-0.4, -0.2) is 40.4 Å². The molecule has 5 nitrogen and oxygen atoms in total. The van der Waals surface area contributed by atoms with Gasteiger partial charge in [-0.25, -0.2) is 14.4 Å². The zero-order valence-electron chi connectivity index (χ0n) is 18.3. The Hall–Kier alpha value is -2.80. The van der Waals surface area contributed by atoms with Gasteiger partial charge in [-0.3, -0.25) is 4.79 Å². The number of unbranched alkanes of at least 4 members (excludes halogenated alkanes) is 2. The van der Waals surface area contributed by atoms with Crippen molar-refractivity contribution in [3.8, 4) is 10.4 Å². The summed E-state index contributed by atoms with van der Waals surface area (Å²) in [6, 6.07) is 12.1. The molecule has 0 saturated heterocycles. The molecule has 1 N–H and O–H groups in total. The minimum atomic E-state index is -0.296. The molecule has 0 bridgehead atoms. The maximum atomic E-state index is 13.5. The zero-order chi connectivity index (χ0) is 22.2. The van der Waals surface area contributed by atoms with E-state index in [1.807, 2.05) is 36.9 Å². The molecule has 0 unspecified atom stereocenters. The van der Waals surface area contributed by atoms with Gasteiger partial charge in [0, 0.05) is 25.3 Å². The van der Waals surface area contributed by atoms with Crippen molar-refractivity contribution in [3.05, 3.63) is 64.7 Å². The number of benzene rings is 1. The molecule has 2 aromatic heterocycles. The predicted octanol–water partition coefficient (Wildman–Crippen LogP) is 5.71. The normalized spacial score (nSPS) is 10.8. The number of aromatic nitrogens is 2. The predicted molar refractivity (Wildman–Crippen MR) is 125 cm³/mol. The Morgan fingerprint density at radius 1 is 1.06 bits per heavy atom. The van der Waals surface area contributed by atoms with Crippen LogP contribution in [0.1, 0.15) is 47.4 Å². The molecule has 164 valence electrons. The van der Waals surface area contributed by atoms with E-state index in [9.17, 15) is 9.18 Å². The van der Waals surface area contributed by atoms with Crippen molar-refractivity contribution in [2.75, 3.05) is 25.0 Å². The molecule has 1 aromatic carbocycles. The number of carbonyl (C=O) groups excluding carboxylic acids is 1. The van der Waals surface area contributed by atoms with Crippen LogP contribution in [0.4, 0.5) is 10.2 Å². The Morgan fingerprint density at radius 2 is 1.84 bits per heavy atom. The van der Waals surface area contributed by atoms with Gasteiger partial charge >= 0.3 is 0 Å². The van der Waals surface area contributed by atoms with Gasteiger partial charge in [0.25, 0.3) is 5.91 Å². The smallest absolute Gasteiger partial charge is 0.274 e. The standard InChI is InChI=1S/C24H29FN4OS/c1-4-5-6-15-29(16-14-26-21-9-7-8-17(2)27-21)24(30)22-23(31-18(3)28-22)19-10-12-20(25)13-11-19/h7-13H,4-6,14-16H2,1-3H3,(H,26,27). The lowest BCUT2D eigenvalue weighted by molar-refractivity contribution is 0.0754. The second kappa shape index (κ2) is 11.0. The number of anilines is 1. The highest BCUT2D eigenvalue weighted by atomic mass is 32.1. The monoisotopic (exact) mass is 440 g/mol. The number of nitrogens with zero attached hydrogens (tertiary/aromatic N) is 3. The SMILES string of the molecule is CCCCCN(CCNc1cccc(C)n1)C(=O)c1nc(C)sc1-c1ccc(F)cc1. The molecule has 0 saturated carbocycles.